The minimum absolute atomic E-state index is 0.108. The quantitative estimate of drug-likeness (QED) is 0.413. The first-order valence-corrected chi connectivity index (χ1v) is 12.0. The molecule has 1 amide bonds. The third-order valence-corrected chi connectivity index (χ3v) is 8.19. The number of hydrogen-bond donors (Lipinski definition) is 1. The van der Waals surface area contributed by atoms with E-state index < -0.39 is 26.6 Å². The van der Waals surface area contributed by atoms with Gasteiger partial charge in [0.1, 0.15) is 22.1 Å². The molecular weight excluding hydrogens is 450 g/mol. The average Bonchev–Trinajstić information content (AvgIpc) is 3.33. The minimum atomic E-state index is -3.83. The molecule has 0 radical (unpaired) electrons. The molecular formula is C23H19NO6S2. The Labute approximate surface area is 188 Å². The van der Waals surface area contributed by atoms with Crippen LogP contribution in [-0.4, -0.2) is 28.0 Å². The second-order valence-electron chi connectivity index (χ2n) is 6.92. The molecule has 0 fully saturated rings. The number of fused-ring (bicyclic) bond motifs is 1. The number of amides is 1. The molecule has 164 valence electrons. The lowest BCUT2D eigenvalue weighted by atomic mass is 10.2. The summed E-state index contributed by atoms with van der Waals surface area (Å²) < 4.78 is 37.0. The Balaban J connectivity index is 1.62. The Kier molecular flexibility index (Phi) is 6.11. The average molecular weight is 470 g/mol. The second-order valence-corrected chi connectivity index (χ2v) is 10.0. The van der Waals surface area contributed by atoms with Crippen LogP contribution in [-0.2, 0) is 9.84 Å². The number of para-hydroxylation sites is 1. The van der Waals surface area contributed by atoms with Crippen molar-refractivity contribution in [3.63, 3.8) is 0 Å². The standard InChI is InChI=1S/C23H19NO6S2/c1-29-16-8-10-17(11-9-16)32(27,28)21(20-7-4-12-31-20)14-24-22(25)18-13-15-5-2-3-6-19(15)30-23(18)26/h2-13,21H,14H2,1H3,(H,24,25). The van der Waals surface area contributed by atoms with Crippen LogP contribution in [0, 0.1) is 0 Å². The first-order valence-electron chi connectivity index (χ1n) is 9.62. The lowest BCUT2D eigenvalue weighted by Crippen LogP contribution is -2.34. The van der Waals surface area contributed by atoms with E-state index in [1.54, 1.807) is 53.9 Å². The van der Waals surface area contributed by atoms with Crippen LogP contribution in [0.1, 0.15) is 20.5 Å². The molecule has 0 aliphatic carbocycles. The number of thiophene rings is 1. The molecule has 1 unspecified atom stereocenters. The molecule has 7 nitrogen and oxygen atoms in total. The smallest absolute Gasteiger partial charge is 0.349 e. The normalized spacial score (nSPS) is 12.4. The van der Waals surface area contributed by atoms with Crippen LogP contribution in [0.5, 0.6) is 5.75 Å². The van der Waals surface area contributed by atoms with Gasteiger partial charge in [-0.05, 0) is 47.8 Å². The van der Waals surface area contributed by atoms with E-state index in [9.17, 15) is 18.0 Å². The highest BCUT2D eigenvalue weighted by Crippen LogP contribution is 2.32. The van der Waals surface area contributed by atoms with Crippen LogP contribution >= 0.6 is 11.3 Å². The lowest BCUT2D eigenvalue weighted by molar-refractivity contribution is 0.0950. The van der Waals surface area contributed by atoms with Gasteiger partial charge >= 0.3 is 5.63 Å². The first-order chi connectivity index (χ1) is 15.4. The van der Waals surface area contributed by atoms with Crippen LogP contribution in [0.4, 0.5) is 0 Å². The number of methoxy groups -OCH3 is 1. The topological polar surface area (TPSA) is 103 Å². The third kappa shape index (κ3) is 4.30. The number of ether oxygens (including phenoxy) is 1. The maximum Gasteiger partial charge on any atom is 0.349 e. The fraction of sp³-hybridized carbons (Fsp3) is 0.130. The Morgan fingerprint density at radius 1 is 1.09 bits per heavy atom. The number of carbonyl (C=O) groups excluding carboxylic acids is 1. The fourth-order valence-electron chi connectivity index (χ4n) is 3.27. The third-order valence-electron chi connectivity index (χ3n) is 4.96. The first kappa shape index (κ1) is 21.8. The van der Waals surface area contributed by atoms with Crippen molar-refractivity contribution in [2.75, 3.05) is 13.7 Å². The summed E-state index contributed by atoms with van der Waals surface area (Å²) >= 11 is 1.28. The van der Waals surface area contributed by atoms with Gasteiger partial charge in [0.15, 0.2) is 9.84 Å². The summed E-state index contributed by atoms with van der Waals surface area (Å²) in [5.74, 6) is -0.163. The molecule has 4 rings (SSSR count). The van der Waals surface area contributed by atoms with Crippen LogP contribution in [0.15, 0.2) is 86.2 Å². The van der Waals surface area contributed by atoms with E-state index in [1.807, 2.05) is 0 Å². The van der Waals surface area contributed by atoms with Gasteiger partial charge in [0.2, 0.25) is 0 Å². The minimum Gasteiger partial charge on any atom is -0.497 e. The maximum absolute atomic E-state index is 13.4. The van der Waals surface area contributed by atoms with Crippen molar-refractivity contribution in [3.05, 3.63) is 93.0 Å². The van der Waals surface area contributed by atoms with E-state index in [0.29, 0.717) is 21.6 Å². The number of hydrogen-bond acceptors (Lipinski definition) is 7. The van der Waals surface area contributed by atoms with Crippen molar-refractivity contribution in [1.82, 2.24) is 5.32 Å². The monoisotopic (exact) mass is 469 g/mol. The predicted molar refractivity (Wildman–Crippen MR) is 122 cm³/mol. The zero-order valence-corrected chi connectivity index (χ0v) is 18.6. The molecule has 4 aromatic rings. The number of sulfone groups is 1. The van der Waals surface area contributed by atoms with Crippen molar-refractivity contribution in [3.8, 4) is 5.75 Å². The molecule has 0 aliphatic rings. The molecule has 0 saturated carbocycles. The summed E-state index contributed by atoms with van der Waals surface area (Å²) in [5.41, 5.74) is -0.602. The number of carbonyl (C=O) groups is 1. The van der Waals surface area contributed by atoms with Gasteiger partial charge in [0.25, 0.3) is 5.91 Å². The van der Waals surface area contributed by atoms with Crippen molar-refractivity contribution in [2.45, 2.75) is 10.1 Å². The van der Waals surface area contributed by atoms with E-state index in [4.69, 9.17) is 9.15 Å². The SMILES string of the molecule is COc1ccc(S(=O)(=O)C(CNC(=O)c2cc3ccccc3oc2=O)c2cccs2)cc1. The van der Waals surface area contributed by atoms with E-state index in [0.717, 1.165) is 0 Å². The molecule has 9 heteroatoms. The zero-order valence-electron chi connectivity index (χ0n) is 17.0. The summed E-state index contributed by atoms with van der Waals surface area (Å²) in [6.07, 6.45) is 0. The van der Waals surface area contributed by atoms with Crippen LogP contribution in [0.3, 0.4) is 0 Å². The molecule has 32 heavy (non-hydrogen) atoms. The number of rotatable bonds is 7. The number of nitrogens with one attached hydrogen (secondary N) is 1. The van der Waals surface area contributed by atoms with Gasteiger partial charge in [0, 0.05) is 16.8 Å². The molecule has 0 aliphatic heterocycles. The summed E-state index contributed by atoms with van der Waals surface area (Å²) in [7, 11) is -2.34. The van der Waals surface area contributed by atoms with Crippen LogP contribution in [0.2, 0.25) is 0 Å². The van der Waals surface area contributed by atoms with Gasteiger partial charge in [0.05, 0.1) is 12.0 Å². The van der Waals surface area contributed by atoms with Gasteiger partial charge in [-0.15, -0.1) is 11.3 Å². The Morgan fingerprint density at radius 2 is 1.84 bits per heavy atom. The van der Waals surface area contributed by atoms with Crippen LogP contribution < -0.4 is 15.7 Å². The molecule has 0 saturated heterocycles. The highest BCUT2D eigenvalue weighted by atomic mass is 32.2. The summed E-state index contributed by atoms with van der Waals surface area (Å²) in [4.78, 5) is 25.7. The van der Waals surface area contributed by atoms with Crippen molar-refractivity contribution in [1.29, 1.82) is 0 Å². The van der Waals surface area contributed by atoms with Crippen LogP contribution in [0.25, 0.3) is 11.0 Å². The summed E-state index contributed by atoms with van der Waals surface area (Å²) in [6, 6.07) is 17.8. The van der Waals surface area contributed by atoms with E-state index in [2.05, 4.69) is 5.32 Å². The highest BCUT2D eigenvalue weighted by Gasteiger charge is 2.31. The van der Waals surface area contributed by atoms with E-state index in [1.165, 1.54) is 36.6 Å². The van der Waals surface area contributed by atoms with Gasteiger partial charge in [-0.3, -0.25) is 4.79 Å². The van der Waals surface area contributed by atoms with Crippen molar-refractivity contribution in [2.24, 2.45) is 0 Å². The van der Waals surface area contributed by atoms with Gasteiger partial charge in [-0.25, -0.2) is 13.2 Å². The fourth-order valence-corrected chi connectivity index (χ4v) is 6.05. The zero-order chi connectivity index (χ0) is 22.7. The Bertz CT molecular complexity index is 1410. The van der Waals surface area contributed by atoms with E-state index in [-0.39, 0.29) is 17.0 Å². The Hall–Kier alpha value is -3.43. The molecule has 2 heterocycles. The van der Waals surface area contributed by atoms with Gasteiger partial charge in [-0.1, -0.05) is 24.3 Å². The number of benzene rings is 2. The highest BCUT2D eigenvalue weighted by molar-refractivity contribution is 7.91. The molecule has 2 aromatic carbocycles. The maximum atomic E-state index is 13.4. The molecule has 1 N–H and O–H groups in total. The lowest BCUT2D eigenvalue weighted by Gasteiger charge is -2.17. The van der Waals surface area contributed by atoms with Crippen molar-refractivity contribution >= 4 is 38.1 Å². The molecule has 0 bridgehead atoms. The Morgan fingerprint density at radius 3 is 2.53 bits per heavy atom. The molecule has 2 aromatic heterocycles. The van der Waals surface area contributed by atoms with Crippen molar-refractivity contribution < 1.29 is 22.4 Å². The summed E-state index contributed by atoms with van der Waals surface area (Å²) in [5, 5.41) is 3.94. The predicted octanol–water partition coefficient (Wildman–Crippen LogP) is 3.81. The molecule has 1 atom stereocenters. The second kappa shape index (κ2) is 8.97. The van der Waals surface area contributed by atoms with E-state index >= 15 is 0 Å². The largest absolute Gasteiger partial charge is 0.497 e. The molecule has 0 spiro atoms. The van der Waals surface area contributed by atoms with Gasteiger partial charge in [-0.2, -0.15) is 0 Å². The summed E-state index contributed by atoms with van der Waals surface area (Å²) in [6.45, 7) is -0.208. The van der Waals surface area contributed by atoms with Gasteiger partial charge < -0.3 is 14.5 Å².